The molecule has 1 amide bonds. The Hall–Kier alpha value is -0.870. The number of carbonyl (C=O) groups excluding carboxylic acids is 1. The van der Waals surface area contributed by atoms with E-state index in [0.29, 0.717) is 0 Å². The van der Waals surface area contributed by atoms with Crippen molar-refractivity contribution in [2.75, 3.05) is 32.9 Å². The van der Waals surface area contributed by atoms with Gasteiger partial charge in [-0.15, -0.1) is 0 Å². The molecule has 1 saturated carbocycles. The normalized spacial score (nSPS) is 17.8. The monoisotopic (exact) mass is 331 g/mol. The summed E-state index contributed by atoms with van der Waals surface area (Å²) >= 11 is 0. The highest BCUT2D eigenvalue weighted by Crippen LogP contribution is 2.28. The molecule has 10 heteroatoms. The van der Waals surface area contributed by atoms with Gasteiger partial charge in [0.25, 0.3) is 0 Å². The summed E-state index contributed by atoms with van der Waals surface area (Å²) in [5.74, 6) is -1.25. The van der Waals surface area contributed by atoms with Crippen molar-refractivity contribution >= 4 is 15.9 Å². The predicted octanol–water partition coefficient (Wildman–Crippen LogP) is -0.0755. The standard InChI is InChI=1S/C11H20F3N3O3S/c1-17(2)21(19,20)7-9(11(12,13)14)15-5-6-16-10(18)8-3-4-8/h8-9,15H,3-7H2,1-2H3,(H,16,18). The molecule has 1 aliphatic carbocycles. The molecule has 0 saturated heterocycles. The Morgan fingerprint density at radius 3 is 2.29 bits per heavy atom. The molecule has 0 heterocycles. The number of hydrogen-bond donors (Lipinski definition) is 2. The highest BCUT2D eigenvalue weighted by molar-refractivity contribution is 7.89. The Morgan fingerprint density at radius 1 is 1.29 bits per heavy atom. The lowest BCUT2D eigenvalue weighted by atomic mass is 10.3. The van der Waals surface area contributed by atoms with Crippen LogP contribution in [0.2, 0.25) is 0 Å². The number of hydrogen-bond acceptors (Lipinski definition) is 4. The van der Waals surface area contributed by atoms with Crippen molar-refractivity contribution in [1.29, 1.82) is 0 Å². The minimum Gasteiger partial charge on any atom is -0.355 e. The Kier molecular flexibility index (Phi) is 6.00. The van der Waals surface area contributed by atoms with E-state index in [1.165, 1.54) is 14.1 Å². The SMILES string of the molecule is CN(C)S(=O)(=O)CC(NCCNC(=O)C1CC1)C(F)(F)F. The fraction of sp³-hybridized carbons (Fsp3) is 0.909. The minimum absolute atomic E-state index is 0.0162. The fourth-order valence-electron chi connectivity index (χ4n) is 1.55. The van der Waals surface area contributed by atoms with Gasteiger partial charge in [0.2, 0.25) is 15.9 Å². The van der Waals surface area contributed by atoms with Gasteiger partial charge in [0, 0.05) is 33.1 Å². The maximum Gasteiger partial charge on any atom is 0.404 e. The second-order valence-electron chi connectivity index (χ2n) is 5.17. The molecule has 1 fully saturated rings. The molecule has 6 nitrogen and oxygen atoms in total. The maximum absolute atomic E-state index is 12.8. The van der Waals surface area contributed by atoms with Crippen molar-refractivity contribution in [1.82, 2.24) is 14.9 Å². The van der Waals surface area contributed by atoms with Crippen LogP contribution < -0.4 is 10.6 Å². The van der Waals surface area contributed by atoms with E-state index >= 15 is 0 Å². The topological polar surface area (TPSA) is 78.5 Å². The lowest BCUT2D eigenvalue weighted by Crippen LogP contribution is -2.50. The number of sulfonamides is 1. The third-order valence-electron chi connectivity index (χ3n) is 3.09. The lowest BCUT2D eigenvalue weighted by molar-refractivity contribution is -0.150. The van der Waals surface area contributed by atoms with Crippen molar-refractivity contribution in [2.45, 2.75) is 25.1 Å². The Balaban J connectivity index is 2.45. The molecule has 1 unspecified atom stereocenters. The highest BCUT2D eigenvalue weighted by Gasteiger charge is 2.42. The molecule has 2 N–H and O–H groups in total. The number of carbonyl (C=O) groups is 1. The van der Waals surface area contributed by atoms with Gasteiger partial charge in [-0.25, -0.2) is 12.7 Å². The first-order valence-electron chi connectivity index (χ1n) is 6.52. The molecule has 21 heavy (non-hydrogen) atoms. The first-order chi connectivity index (χ1) is 9.54. The van der Waals surface area contributed by atoms with E-state index in [4.69, 9.17) is 0 Å². The van der Waals surface area contributed by atoms with Crippen LogP contribution in [0.25, 0.3) is 0 Å². The zero-order valence-electron chi connectivity index (χ0n) is 11.9. The lowest BCUT2D eigenvalue weighted by Gasteiger charge is -2.23. The van der Waals surface area contributed by atoms with Gasteiger partial charge in [-0.05, 0) is 12.8 Å². The highest BCUT2D eigenvalue weighted by atomic mass is 32.2. The van der Waals surface area contributed by atoms with Crippen LogP contribution in [-0.2, 0) is 14.8 Å². The third kappa shape index (κ3) is 6.18. The largest absolute Gasteiger partial charge is 0.404 e. The van der Waals surface area contributed by atoms with Crippen LogP contribution in [0, 0.1) is 5.92 Å². The third-order valence-corrected chi connectivity index (χ3v) is 4.96. The summed E-state index contributed by atoms with van der Waals surface area (Å²) in [6.45, 7) is -0.116. The van der Waals surface area contributed by atoms with Gasteiger partial charge in [-0.3, -0.25) is 4.79 Å². The van der Waals surface area contributed by atoms with Crippen molar-refractivity contribution in [3.63, 3.8) is 0 Å². The molecule has 1 atom stereocenters. The summed E-state index contributed by atoms with van der Waals surface area (Å²) in [5, 5.41) is 4.65. The van der Waals surface area contributed by atoms with Gasteiger partial charge >= 0.3 is 6.18 Å². The average Bonchev–Trinajstić information content (AvgIpc) is 3.15. The van der Waals surface area contributed by atoms with E-state index in [1.54, 1.807) is 0 Å². The van der Waals surface area contributed by atoms with Crippen LogP contribution in [0.5, 0.6) is 0 Å². The molecule has 0 aliphatic heterocycles. The first kappa shape index (κ1) is 18.2. The van der Waals surface area contributed by atoms with E-state index in [9.17, 15) is 26.4 Å². The molecule has 1 rings (SSSR count). The van der Waals surface area contributed by atoms with Crippen molar-refractivity contribution in [3.8, 4) is 0 Å². The van der Waals surface area contributed by atoms with Crippen LogP contribution in [0.1, 0.15) is 12.8 Å². The molecule has 0 bridgehead atoms. The molecule has 124 valence electrons. The van der Waals surface area contributed by atoms with Crippen LogP contribution in [0.3, 0.4) is 0 Å². The van der Waals surface area contributed by atoms with Crippen molar-refractivity contribution in [2.24, 2.45) is 5.92 Å². The molecular weight excluding hydrogens is 311 g/mol. The Bertz CT molecular complexity index is 461. The fourth-order valence-corrected chi connectivity index (χ4v) is 2.58. The van der Waals surface area contributed by atoms with Gasteiger partial charge < -0.3 is 10.6 Å². The zero-order valence-corrected chi connectivity index (χ0v) is 12.7. The maximum atomic E-state index is 12.8. The molecule has 0 aromatic rings. The molecule has 0 spiro atoms. The molecule has 0 aromatic carbocycles. The summed E-state index contributed by atoms with van der Waals surface area (Å²) in [6.07, 6.45) is -3.05. The number of alkyl halides is 3. The van der Waals surface area contributed by atoms with Crippen LogP contribution in [0.4, 0.5) is 13.2 Å². The van der Waals surface area contributed by atoms with Gasteiger partial charge in [-0.1, -0.05) is 0 Å². The molecule has 0 aromatic heterocycles. The van der Waals surface area contributed by atoms with Crippen LogP contribution in [-0.4, -0.2) is 63.8 Å². The number of nitrogens with one attached hydrogen (secondary N) is 2. The zero-order chi connectivity index (χ0) is 16.3. The van der Waals surface area contributed by atoms with Gasteiger partial charge in [0.15, 0.2) is 0 Å². The second kappa shape index (κ2) is 6.93. The number of amides is 1. The van der Waals surface area contributed by atoms with E-state index < -0.39 is 28.0 Å². The quantitative estimate of drug-likeness (QED) is 0.610. The molecule has 0 radical (unpaired) electrons. The van der Waals surface area contributed by atoms with Crippen molar-refractivity contribution < 1.29 is 26.4 Å². The van der Waals surface area contributed by atoms with E-state index in [2.05, 4.69) is 10.6 Å². The summed E-state index contributed by atoms with van der Waals surface area (Å²) in [4.78, 5) is 11.3. The summed E-state index contributed by atoms with van der Waals surface area (Å²) in [7, 11) is -1.62. The first-order valence-corrected chi connectivity index (χ1v) is 8.13. The van der Waals surface area contributed by atoms with E-state index in [-0.39, 0.29) is 24.9 Å². The summed E-state index contributed by atoms with van der Waals surface area (Å²) in [5.41, 5.74) is 0. The Morgan fingerprint density at radius 2 is 1.86 bits per heavy atom. The average molecular weight is 331 g/mol. The summed E-state index contributed by atoms with van der Waals surface area (Å²) < 4.78 is 62.3. The summed E-state index contributed by atoms with van der Waals surface area (Å²) in [6, 6.07) is -2.16. The number of halogens is 3. The number of rotatable bonds is 8. The second-order valence-corrected chi connectivity index (χ2v) is 7.40. The van der Waals surface area contributed by atoms with Crippen molar-refractivity contribution in [3.05, 3.63) is 0 Å². The van der Waals surface area contributed by atoms with E-state index in [0.717, 1.165) is 17.1 Å². The van der Waals surface area contributed by atoms with Gasteiger partial charge in [0.1, 0.15) is 6.04 Å². The number of nitrogens with zero attached hydrogens (tertiary/aromatic N) is 1. The van der Waals surface area contributed by atoms with E-state index in [1.807, 2.05) is 0 Å². The Labute approximate surface area is 122 Å². The minimum atomic E-state index is -4.68. The van der Waals surface area contributed by atoms with Crippen LogP contribution >= 0.6 is 0 Å². The molecule has 1 aliphatic rings. The van der Waals surface area contributed by atoms with Gasteiger partial charge in [-0.2, -0.15) is 13.2 Å². The molecular formula is C11H20F3N3O3S. The smallest absolute Gasteiger partial charge is 0.355 e. The van der Waals surface area contributed by atoms with Gasteiger partial charge in [0.05, 0.1) is 5.75 Å². The predicted molar refractivity (Wildman–Crippen MR) is 71.1 cm³/mol. The van der Waals surface area contributed by atoms with Crippen LogP contribution in [0.15, 0.2) is 0 Å².